The van der Waals surface area contributed by atoms with Gasteiger partial charge >= 0.3 is 0 Å². The van der Waals surface area contributed by atoms with Gasteiger partial charge < -0.3 is 5.32 Å². The lowest BCUT2D eigenvalue weighted by atomic mass is 10.1. The number of aromatic nitrogens is 3. The summed E-state index contributed by atoms with van der Waals surface area (Å²) < 4.78 is 2.05. The summed E-state index contributed by atoms with van der Waals surface area (Å²) in [5.74, 6) is 0.930. The van der Waals surface area contributed by atoms with Crippen molar-refractivity contribution in [3.8, 4) is 5.82 Å². The van der Waals surface area contributed by atoms with Gasteiger partial charge in [-0.25, -0.2) is 9.97 Å². The molecule has 3 rings (SSSR count). The minimum Gasteiger partial charge on any atom is -0.313 e. The number of nitrogens with zero attached hydrogens (tertiary/aromatic N) is 3. The molecule has 4 heteroatoms. The average molecular weight is 280 g/mol. The van der Waals surface area contributed by atoms with E-state index in [2.05, 4.69) is 53.0 Å². The Morgan fingerprint density at radius 2 is 2.00 bits per heavy atom. The summed E-state index contributed by atoms with van der Waals surface area (Å²) in [6.45, 7) is 8.01. The lowest BCUT2D eigenvalue weighted by Gasteiger charge is -2.11. The zero-order valence-electron chi connectivity index (χ0n) is 12.7. The van der Waals surface area contributed by atoms with Crippen molar-refractivity contribution in [2.24, 2.45) is 0 Å². The van der Waals surface area contributed by atoms with Crippen molar-refractivity contribution in [3.05, 3.63) is 53.6 Å². The van der Waals surface area contributed by atoms with Crippen LogP contribution in [0.4, 0.5) is 0 Å². The molecule has 1 N–H and O–H groups in total. The molecule has 0 saturated carbocycles. The summed E-state index contributed by atoms with van der Waals surface area (Å²) in [5, 5.41) is 4.61. The molecule has 4 nitrogen and oxygen atoms in total. The van der Waals surface area contributed by atoms with Crippen molar-refractivity contribution < 1.29 is 0 Å². The molecular formula is C17H20N4. The zero-order chi connectivity index (χ0) is 14.8. The molecule has 0 amide bonds. The second kappa shape index (κ2) is 5.66. The van der Waals surface area contributed by atoms with Crippen molar-refractivity contribution in [2.45, 2.75) is 27.3 Å². The average Bonchev–Trinajstić information content (AvgIpc) is 2.84. The molecule has 108 valence electrons. The van der Waals surface area contributed by atoms with E-state index in [4.69, 9.17) is 4.98 Å². The van der Waals surface area contributed by atoms with E-state index in [9.17, 15) is 0 Å². The molecule has 0 saturated heterocycles. The Morgan fingerprint density at radius 1 is 1.19 bits per heavy atom. The van der Waals surface area contributed by atoms with E-state index in [0.29, 0.717) is 0 Å². The number of aryl methyl sites for hydroxylation is 1. The summed E-state index contributed by atoms with van der Waals surface area (Å²) in [6, 6.07) is 10.4. The molecule has 0 unspecified atom stereocenters. The number of para-hydroxylation sites is 1. The van der Waals surface area contributed by atoms with Gasteiger partial charge in [0.05, 0.1) is 11.2 Å². The summed E-state index contributed by atoms with van der Waals surface area (Å²) >= 11 is 0. The number of imidazole rings is 1. The number of hydrogen-bond donors (Lipinski definition) is 1. The van der Waals surface area contributed by atoms with Gasteiger partial charge in [-0.05, 0) is 38.1 Å². The Kier molecular flexibility index (Phi) is 3.71. The van der Waals surface area contributed by atoms with Gasteiger partial charge in [0, 0.05) is 17.6 Å². The third kappa shape index (κ3) is 2.54. The molecule has 3 aromatic rings. The smallest absolute Gasteiger partial charge is 0.139 e. The lowest BCUT2D eigenvalue weighted by Crippen LogP contribution is -2.13. The fraction of sp³-hybridized carbons (Fsp3) is 0.294. The third-order valence-corrected chi connectivity index (χ3v) is 3.85. The molecule has 0 aliphatic carbocycles. The van der Waals surface area contributed by atoms with Crippen LogP contribution in [0.2, 0.25) is 0 Å². The Balaban J connectivity index is 2.17. The molecule has 2 heterocycles. The molecule has 0 bridgehead atoms. The van der Waals surface area contributed by atoms with Gasteiger partial charge in [-0.3, -0.25) is 4.57 Å². The number of rotatable bonds is 4. The number of nitrogens with one attached hydrogen (secondary N) is 1. The maximum Gasteiger partial charge on any atom is 0.139 e. The molecule has 0 radical (unpaired) electrons. The second-order valence-electron chi connectivity index (χ2n) is 5.22. The number of benzene rings is 1. The van der Waals surface area contributed by atoms with Gasteiger partial charge in [-0.2, -0.15) is 0 Å². The molecule has 0 aliphatic heterocycles. The fourth-order valence-electron chi connectivity index (χ4n) is 2.49. The summed E-state index contributed by atoms with van der Waals surface area (Å²) in [6.07, 6.45) is 1.85. The van der Waals surface area contributed by atoms with E-state index >= 15 is 0 Å². The highest BCUT2D eigenvalue weighted by Crippen LogP contribution is 2.21. The second-order valence-corrected chi connectivity index (χ2v) is 5.22. The van der Waals surface area contributed by atoms with Crippen LogP contribution in [0, 0.1) is 13.8 Å². The molecule has 0 fully saturated rings. The predicted molar refractivity (Wildman–Crippen MR) is 85.7 cm³/mol. The van der Waals surface area contributed by atoms with E-state index in [1.54, 1.807) is 0 Å². The predicted octanol–water partition coefficient (Wildman–Crippen LogP) is 3.15. The van der Waals surface area contributed by atoms with Gasteiger partial charge in [-0.15, -0.1) is 0 Å². The van der Waals surface area contributed by atoms with Crippen LogP contribution in [0.5, 0.6) is 0 Å². The summed E-state index contributed by atoms with van der Waals surface area (Å²) in [5.41, 5.74) is 4.46. The molecule has 0 atom stereocenters. The van der Waals surface area contributed by atoms with Crippen LogP contribution in [0.15, 0.2) is 36.7 Å². The first-order valence-electron chi connectivity index (χ1n) is 7.31. The normalized spacial score (nSPS) is 11.2. The van der Waals surface area contributed by atoms with Crippen LogP contribution >= 0.6 is 0 Å². The first kappa shape index (κ1) is 13.8. The van der Waals surface area contributed by atoms with Gasteiger partial charge in [0.2, 0.25) is 0 Å². The van der Waals surface area contributed by atoms with Crippen molar-refractivity contribution in [1.82, 2.24) is 19.9 Å². The zero-order valence-corrected chi connectivity index (χ0v) is 12.7. The van der Waals surface area contributed by atoms with Gasteiger partial charge in [-0.1, -0.05) is 25.1 Å². The van der Waals surface area contributed by atoms with Crippen molar-refractivity contribution in [3.63, 3.8) is 0 Å². The number of pyridine rings is 1. The SMILES string of the molecule is CCNCc1cc(-n2cnc(C)c2C)nc2ccccc12. The molecule has 0 spiro atoms. The van der Waals surface area contributed by atoms with Crippen LogP contribution in [-0.4, -0.2) is 21.1 Å². The maximum atomic E-state index is 4.78. The third-order valence-electron chi connectivity index (χ3n) is 3.85. The van der Waals surface area contributed by atoms with E-state index in [0.717, 1.165) is 35.8 Å². The van der Waals surface area contributed by atoms with Crippen LogP contribution in [0.3, 0.4) is 0 Å². The summed E-state index contributed by atoms with van der Waals surface area (Å²) in [7, 11) is 0. The van der Waals surface area contributed by atoms with Crippen molar-refractivity contribution in [1.29, 1.82) is 0 Å². The first-order valence-corrected chi connectivity index (χ1v) is 7.31. The minimum absolute atomic E-state index is 0.846. The number of fused-ring (bicyclic) bond motifs is 1. The van der Waals surface area contributed by atoms with E-state index in [1.165, 1.54) is 10.9 Å². The Labute approximate surface area is 124 Å². The maximum absolute atomic E-state index is 4.78. The molecule has 1 aromatic carbocycles. The highest BCUT2D eigenvalue weighted by atomic mass is 15.1. The van der Waals surface area contributed by atoms with Crippen molar-refractivity contribution in [2.75, 3.05) is 6.54 Å². The monoisotopic (exact) mass is 280 g/mol. The minimum atomic E-state index is 0.846. The van der Waals surface area contributed by atoms with E-state index < -0.39 is 0 Å². The van der Waals surface area contributed by atoms with Gasteiger partial charge in [0.15, 0.2) is 0 Å². The number of hydrogen-bond acceptors (Lipinski definition) is 3. The van der Waals surface area contributed by atoms with Crippen LogP contribution in [0.25, 0.3) is 16.7 Å². The molecular weight excluding hydrogens is 260 g/mol. The largest absolute Gasteiger partial charge is 0.313 e. The van der Waals surface area contributed by atoms with E-state index in [-0.39, 0.29) is 0 Å². The topological polar surface area (TPSA) is 42.7 Å². The molecule has 0 aliphatic rings. The highest BCUT2D eigenvalue weighted by molar-refractivity contribution is 5.83. The Morgan fingerprint density at radius 3 is 2.71 bits per heavy atom. The Bertz CT molecular complexity index is 774. The van der Waals surface area contributed by atoms with Gasteiger partial charge in [0.25, 0.3) is 0 Å². The first-order chi connectivity index (χ1) is 10.2. The standard InChI is InChI=1S/C17H20N4/c1-4-18-10-14-9-17(21-11-19-12(2)13(21)3)20-16-8-6-5-7-15(14)16/h5-9,11,18H,4,10H2,1-3H3. The van der Waals surface area contributed by atoms with E-state index in [1.807, 2.05) is 19.3 Å². The quantitative estimate of drug-likeness (QED) is 0.798. The van der Waals surface area contributed by atoms with Crippen LogP contribution in [-0.2, 0) is 6.54 Å². The highest BCUT2D eigenvalue weighted by Gasteiger charge is 2.09. The molecule has 2 aromatic heterocycles. The lowest BCUT2D eigenvalue weighted by molar-refractivity contribution is 0.729. The fourth-order valence-corrected chi connectivity index (χ4v) is 2.49. The Hall–Kier alpha value is -2.20. The van der Waals surface area contributed by atoms with Crippen LogP contribution in [0.1, 0.15) is 23.9 Å². The van der Waals surface area contributed by atoms with Gasteiger partial charge in [0.1, 0.15) is 12.1 Å². The molecule has 21 heavy (non-hydrogen) atoms. The van der Waals surface area contributed by atoms with Crippen LogP contribution < -0.4 is 5.32 Å². The van der Waals surface area contributed by atoms with Crippen molar-refractivity contribution >= 4 is 10.9 Å². The summed E-state index contributed by atoms with van der Waals surface area (Å²) in [4.78, 5) is 9.16.